The molecule has 7 heteroatoms. The van der Waals surface area contributed by atoms with Gasteiger partial charge < -0.3 is 14.5 Å². The van der Waals surface area contributed by atoms with E-state index in [0.717, 1.165) is 44.3 Å². The zero-order chi connectivity index (χ0) is 19.1. The summed E-state index contributed by atoms with van der Waals surface area (Å²) in [6.45, 7) is 4.11. The number of hydrogen-bond donors (Lipinski definition) is 0. The normalized spacial score (nSPS) is 21.3. The molecule has 1 saturated carbocycles. The fourth-order valence-corrected chi connectivity index (χ4v) is 4.37. The van der Waals surface area contributed by atoms with Gasteiger partial charge in [0.2, 0.25) is 5.91 Å². The van der Waals surface area contributed by atoms with Gasteiger partial charge in [-0.25, -0.2) is 4.52 Å². The summed E-state index contributed by atoms with van der Waals surface area (Å²) < 4.78 is 7.14. The monoisotopic (exact) mass is 382 g/mol. The van der Waals surface area contributed by atoms with E-state index < -0.39 is 0 Å². The Morgan fingerprint density at radius 2 is 1.75 bits per heavy atom. The van der Waals surface area contributed by atoms with Crippen molar-refractivity contribution in [1.29, 1.82) is 0 Å². The second kappa shape index (κ2) is 7.20. The van der Waals surface area contributed by atoms with Crippen molar-refractivity contribution in [1.82, 2.24) is 19.4 Å². The molecule has 28 heavy (non-hydrogen) atoms. The lowest BCUT2D eigenvalue weighted by atomic mass is 9.89. The number of nitrogens with zero attached hydrogens (tertiary/aromatic N) is 4. The molecule has 148 valence electrons. The number of likely N-dealkylation sites (tertiary alicyclic amines) is 1. The van der Waals surface area contributed by atoms with Crippen LogP contribution in [-0.4, -0.2) is 70.6 Å². The molecule has 0 bridgehead atoms. The Balaban J connectivity index is 1.33. The minimum Gasteiger partial charge on any atom is -0.378 e. The zero-order valence-corrected chi connectivity index (χ0v) is 16.0. The van der Waals surface area contributed by atoms with E-state index in [4.69, 9.17) is 4.74 Å². The van der Waals surface area contributed by atoms with Crippen LogP contribution in [-0.2, 0) is 9.53 Å². The molecule has 0 N–H and O–H groups in total. The standard InChI is InChI=1S/C21H26N4O3/c26-20(16-1-2-16)23-6-3-15(4-7-23)17-5-8-25-19(13-17)18(14-22-25)21(27)24-9-11-28-12-10-24/h5,8,13-16H,1-4,6-7,9-12H2. The fraction of sp³-hybridized carbons (Fsp3) is 0.571. The third kappa shape index (κ3) is 3.28. The summed E-state index contributed by atoms with van der Waals surface area (Å²) in [6, 6.07) is 4.22. The molecule has 1 aliphatic carbocycles. The minimum atomic E-state index is 0.0281. The lowest BCUT2D eigenvalue weighted by molar-refractivity contribution is -0.133. The molecule has 3 fully saturated rings. The van der Waals surface area contributed by atoms with Crippen LogP contribution < -0.4 is 0 Å². The van der Waals surface area contributed by atoms with Gasteiger partial charge in [0, 0.05) is 38.3 Å². The van der Waals surface area contributed by atoms with Crippen molar-refractivity contribution in [3.8, 4) is 0 Å². The molecule has 7 nitrogen and oxygen atoms in total. The van der Waals surface area contributed by atoms with E-state index in [1.165, 1.54) is 5.56 Å². The molecule has 5 rings (SSSR count). The van der Waals surface area contributed by atoms with Gasteiger partial charge in [-0.05, 0) is 49.3 Å². The smallest absolute Gasteiger partial charge is 0.257 e. The highest BCUT2D eigenvalue weighted by molar-refractivity contribution is 6.00. The SMILES string of the molecule is O=C(c1cnn2ccc(C3CCN(C(=O)C4CC4)CC3)cc12)N1CCOCC1. The highest BCUT2D eigenvalue weighted by Gasteiger charge is 2.35. The maximum atomic E-state index is 12.9. The van der Waals surface area contributed by atoms with Gasteiger partial charge >= 0.3 is 0 Å². The quantitative estimate of drug-likeness (QED) is 0.814. The molecule has 2 aliphatic heterocycles. The van der Waals surface area contributed by atoms with Crippen molar-refractivity contribution in [3.63, 3.8) is 0 Å². The van der Waals surface area contributed by atoms with Crippen molar-refractivity contribution >= 4 is 17.3 Å². The summed E-state index contributed by atoms with van der Waals surface area (Å²) in [6.07, 6.45) is 7.72. The molecule has 0 spiro atoms. The van der Waals surface area contributed by atoms with Crippen LogP contribution >= 0.6 is 0 Å². The molecule has 4 heterocycles. The molecule has 0 atom stereocenters. The number of pyridine rings is 1. The maximum absolute atomic E-state index is 12.9. The Morgan fingerprint density at radius 3 is 2.46 bits per heavy atom. The number of morpholine rings is 1. The van der Waals surface area contributed by atoms with Crippen LogP contribution in [0.2, 0.25) is 0 Å². The van der Waals surface area contributed by atoms with Gasteiger partial charge in [-0.2, -0.15) is 5.10 Å². The molecule has 2 aromatic heterocycles. The fourth-order valence-electron chi connectivity index (χ4n) is 4.37. The number of carbonyl (C=O) groups excluding carboxylic acids is 2. The molecule has 0 unspecified atom stereocenters. The number of carbonyl (C=O) groups is 2. The summed E-state index contributed by atoms with van der Waals surface area (Å²) in [5.41, 5.74) is 2.76. The Hall–Kier alpha value is -2.41. The number of hydrogen-bond acceptors (Lipinski definition) is 4. The van der Waals surface area contributed by atoms with Crippen LogP contribution in [0, 0.1) is 5.92 Å². The average Bonchev–Trinajstić information content (AvgIpc) is 3.52. The van der Waals surface area contributed by atoms with Gasteiger partial charge in [0.05, 0.1) is 30.5 Å². The van der Waals surface area contributed by atoms with Crippen LogP contribution in [0.15, 0.2) is 24.5 Å². The van der Waals surface area contributed by atoms with Gasteiger partial charge in [-0.1, -0.05) is 0 Å². The third-order valence-corrected chi connectivity index (χ3v) is 6.28. The van der Waals surface area contributed by atoms with Crippen LogP contribution in [0.3, 0.4) is 0 Å². The van der Waals surface area contributed by atoms with Gasteiger partial charge in [-0.15, -0.1) is 0 Å². The first-order valence-corrected chi connectivity index (χ1v) is 10.3. The van der Waals surface area contributed by atoms with Gasteiger partial charge in [0.15, 0.2) is 0 Å². The third-order valence-electron chi connectivity index (χ3n) is 6.28. The summed E-state index contributed by atoms with van der Waals surface area (Å²) in [7, 11) is 0. The largest absolute Gasteiger partial charge is 0.378 e. The Bertz CT molecular complexity index is 890. The number of aromatic nitrogens is 2. The lowest BCUT2D eigenvalue weighted by Crippen LogP contribution is -2.40. The van der Waals surface area contributed by atoms with Gasteiger partial charge in [0.1, 0.15) is 0 Å². The average molecular weight is 382 g/mol. The first kappa shape index (κ1) is 17.7. The molecule has 2 amide bonds. The minimum absolute atomic E-state index is 0.0281. The van der Waals surface area contributed by atoms with Crippen LogP contribution in [0.5, 0.6) is 0 Å². The lowest BCUT2D eigenvalue weighted by Gasteiger charge is -2.32. The first-order valence-electron chi connectivity index (χ1n) is 10.3. The molecule has 2 saturated heterocycles. The molecular formula is C21H26N4O3. The molecule has 0 aromatic carbocycles. The van der Waals surface area contributed by atoms with Crippen LogP contribution in [0.4, 0.5) is 0 Å². The van der Waals surface area contributed by atoms with Gasteiger partial charge in [0.25, 0.3) is 5.91 Å². The van der Waals surface area contributed by atoms with E-state index in [1.807, 2.05) is 16.0 Å². The first-order chi connectivity index (χ1) is 13.7. The Morgan fingerprint density at radius 1 is 1.00 bits per heavy atom. The Labute approximate surface area is 164 Å². The van der Waals surface area contributed by atoms with Crippen LogP contribution in [0.25, 0.3) is 5.52 Å². The van der Waals surface area contributed by atoms with Gasteiger partial charge in [-0.3, -0.25) is 9.59 Å². The highest BCUT2D eigenvalue weighted by Crippen LogP contribution is 2.34. The number of rotatable bonds is 3. The molecule has 3 aliphatic rings. The zero-order valence-electron chi connectivity index (χ0n) is 16.0. The molecule has 0 radical (unpaired) electrons. The number of fused-ring (bicyclic) bond motifs is 1. The van der Waals surface area contributed by atoms with E-state index in [2.05, 4.69) is 17.2 Å². The summed E-state index contributed by atoms with van der Waals surface area (Å²) in [5.74, 6) is 1.10. The summed E-state index contributed by atoms with van der Waals surface area (Å²) in [5, 5.41) is 4.37. The number of ether oxygens (including phenoxy) is 1. The highest BCUT2D eigenvalue weighted by atomic mass is 16.5. The van der Waals surface area contributed by atoms with E-state index >= 15 is 0 Å². The van der Waals surface area contributed by atoms with Crippen molar-refractivity contribution in [2.45, 2.75) is 31.6 Å². The van der Waals surface area contributed by atoms with Crippen molar-refractivity contribution in [2.24, 2.45) is 5.92 Å². The van der Waals surface area contributed by atoms with E-state index in [-0.39, 0.29) is 5.91 Å². The van der Waals surface area contributed by atoms with Crippen LogP contribution in [0.1, 0.15) is 47.5 Å². The Kier molecular flexibility index (Phi) is 4.55. The summed E-state index contributed by atoms with van der Waals surface area (Å²) in [4.78, 5) is 29.1. The summed E-state index contributed by atoms with van der Waals surface area (Å²) >= 11 is 0. The van der Waals surface area contributed by atoms with E-state index in [0.29, 0.717) is 49.6 Å². The van der Waals surface area contributed by atoms with Crippen molar-refractivity contribution < 1.29 is 14.3 Å². The predicted octanol–water partition coefficient (Wildman–Crippen LogP) is 1.92. The van der Waals surface area contributed by atoms with Crippen molar-refractivity contribution in [2.75, 3.05) is 39.4 Å². The molecule has 2 aromatic rings. The number of amides is 2. The topological polar surface area (TPSA) is 67.2 Å². The second-order valence-corrected chi connectivity index (χ2v) is 8.13. The number of piperidine rings is 1. The predicted molar refractivity (Wildman–Crippen MR) is 103 cm³/mol. The van der Waals surface area contributed by atoms with E-state index in [1.54, 1.807) is 10.7 Å². The van der Waals surface area contributed by atoms with E-state index in [9.17, 15) is 9.59 Å². The second-order valence-electron chi connectivity index (χ2n) is 8.13. The van der Waals surface area contributed by atoms with Crippen molar-refractivity contribution in [3.05, 3.63) is 35.7 Å². The molecular weight excluding hydrogens is 356 g/mol. The maximum Gasteiger partial charge on any atom is 0.257 e.